The number of fused-ring (bicyclic) bond motifs is 1. The molecule has 132 valence electrons. The maximum Gasteiger partial charge on any atom is 0.276 e. The van der Waals surface area contributed by atoms with Gasteiger partial charge in [-0.05, 0) is 37.0 Å². The van der Waals surface area contributed by atoms with Gasteiger partial charge in [-0.2, -0.15) is 0 Å². The standard InChI is InChI=1S/C18H22N4O3/c1-24-14-7-5-13(6-8-14)16-11-22-15(12-25-16)17(19-20-22)18(23)21-9-3-2-4-10-21/h5-8,16H,2-4,9-12H2,1H3/t16-/m1/s1. The maximum atomic E-state index is 12.7. The molecular formula is C18H22N4O3. The van der Waals surface area contributed by atoms with Crippen LogP contribution in [-0.2, 0) is 17.9 Å². The molecule has 0 spiro atoms. The predicted molar refractivity (Wildman–Crippen MR) is 90.3 cm³/mol. The van der Waals surface area contributed by atoms with Crippen LogP contribution in [0.2, 0.25) is 0 Å². The number of carbonyl (C=O) groups excluding carboxylic acids is 1. The van der Waals surface area contributed by atoms with Gasteiger partial charge in [0.2, 0.25) is 0 Å². The molecule has 7 nitrogen and oxygen atoms in total. The molecule has 4 rings (SSSR count). The lowest BCUT2D eigenvalue weighted by Crippen LogP contribution is -2.36. The van der Waals surface area contributed by atoms with Gasteiger partial charge in [0.15, 0.2) is 5.69 Å². The van der Waals surface area contributed by atoms with E-state index in [1.54, 1.807) is 11.8 Å². The van der Waals surface area contributed by atoms with Crippen molar-refractivity contribution in [3.63, 3.8) is 0 Å². The lowest BCUT2D eigenvalue weighted by atomic mass is 10.1. The number of likely N-dealkylation sites (tertiary alicyclic amines) is 1. The third-order valence-corrected chi connectivity index (χ3v) is 4.93. The smallest absolute Gasteiger partial charge is 0.276 e. The third kappa shape index (κ3) is 3.11. The van der Waals surface area contributed by atoms with Crippen LogP contribution in [0.15, 0.2) is 24.3 Å². The SMILES string of the molecule is COc1ccc([C@H]2Cn3nnc(C(=O)N4CCCCC4)c3CO2)cc1. The Kier molecular flexibility index (Phi) is 4.40. The molecule has 0 aliphatic carbocycles. The Balaban J connectivity index is 1.50. The summed E-state index contributed by atoms with van der Waals surface area (Å²) in [6, 6.07) is 7.82. The quantitative estimate of drug-likeness (QED) is 0.855. The second-order valence-corrected chi connectivity index (χ2v) is 6.49. The van der Waals surface area contributed by atoms with E-state index in [1.165, 1.54) is 6.42 Å². The van der Waals surface area contributed by atoms with Crippen LogP contribution in [0.5, 0.6) is 5.75 Å². The highest BCUT2D eigenvalue weighted by Gasteiger charge is 2.30. The Morgan fingerprint density at radius 2 is 1.96 bits per heavy atom. The number of hydrogen-bond donors (Lipinski definition) is 0. The topological polar surface area (TPSA) is 69.5 Å². The van der Waals surface area contributed by atoms with Gasteiger partial charge in [-0.15, -0.1) is 5.10 Å². The van der Waals surface area contributed by atoms with Crippen molar-refractivity contribution in [3.05, 3.63) is 41.2 Å². The van der Waals surface area contributed by atoms with Gasteiger partial charge >= 0.3 is 0 Å². The Hall–Kier alpha value is -2.41. The van der Waals surface area contributed by atoms with Crippen LogP contribution in [-0.4, -0.2) is 46.0 Å². The summed E-state index contributed by atoms with van der Waals surface area (Å²) >= 11 is 0. The maximum absolute atomic E-state index is 12.7. The minimum Gasteiger partial charge on any atom is -0.497 e. The molecule has 1 aromatic heterocycles. The fraction of sp³-hybridized carbons (Fsp3) is 0.500. The van der Waals surface area contributed by atoms with E-state index in [-0.39, 0.29) is 12.0 Å². The molecular weight excluding hydrogens is 320 g/mol. The predicted octanol–water partition coefficient (Wildman–Crippen LogP) is 2.18. The average molecular weight is 342 g/mol. The van der Waals surface area contributed by atoms with Crippen molar-refractivity contribution in [2.75, 3.05) is 20.2 Å². The number of carbonyl (C=O) groups is 1. The highest BCUT2D eigenvalue weighted by atomic mass is 16.5. The van der Waals surface area contributed by atoms with Crippen LogP contribution in [0.25, 0.3) is 0 Å². The van der Waals surface area contributed by atoms with Gasteiger partial charge < -0.3 is 14.4 Å². The van der Waals surface area contributed by atoms with E-state index < -0.39 is 0 Å². The van der Waals surface area contributed by atoms with E-state index in [4.69, 9.17) is 9.47 Å². The van der Waals surface area contributed by atoms with E-state index in [0.29, 0.717) is 18.8 Å². The minimum atomic E-state index is -0.0990. The van der Waals surface area contributed by atoms with Gasteiger partial charge in [0.05, 0.1) is 26.0 Å². The summed E-state index contributed by atoms with van der Waals surface area (Å²) in [7, 11) is 1.65. The van der Waals surface area contributed by atoms with Crippen molar-refractivity contribution < 1.29 is 14.3 Å². The normalized spacial score (nSPS) is 20.2. The van der Waals surface area contributed by atoms with Gasteiger partial charge in [0.1, 0.15) is 11.9 Å². The first-order chi connectivity index (χ1) is 12.3. The second kappa shape index (κ2) is 6.84. The van der Waals surface area contributed by atoms with Gasteiger partial charge in [-0.1, -0.05) is 17.3 Å². The lowest BCUT2D eigenvalue weighted by Gasteiger charge is -2.27. The Morgan fingerprint density at radius 3 is 2.68 bits per heavy atom. The molecule has 3 heterocycles. The fourth-order valence-electron chi connectivity index (χ4n) is 3.44. The minimum absolute atomic E-state index is 0.0209. The number of aromatic nitrogens is 3. The van der Waals surface area contributed by atoms with Crippen LogP contribution in [0.3, 0.4) is 0 Å². The molecule has 7 heteroatoms. The van der Waals surface area contributed by atoms with Gasteiger partial charge in [0, 0.05) is 13.1 Å². The largest absolute Gasteiger partial charge is 0.497 e. The van der Waals surface area contributed by atoms with Gasteiger partial charge in [-0.25, -0.2) is 4.68 Å². The molecule has 0 N–H and O–H groups in total. The summed E-state index contributed by atoms with van der Waals surface area (Å²) in [5.74, 6) is 0.794. The number of rotatable bonds is 3. The summed E-state index contributed by atoms with van der Waals surface area (Å²) in [6.07, 6.45) is 3.21. The Bertz CT molecular complexity index is 750. The first-order valence-corrected chi connectivity index (χ1v) is 8.73. The highest BCUT2D eigenvalue weighted by molar-refractivity contribution is 5.93. The van der Waals surface area contributed by atoms with Crippen LogP contribution in [0, 0.1) is 0 Å². The first kappa shape index (κ1) is 16.1. The monoisotopic (exact) mass is 342 g/mol. The number of benzene rings is 1. The van der Waals surface area contributed by atoms with E-state index in [1.807, 2.05) is 29.2 Å². The van der Waals surface area contributed by atoms with Crippen LogP contribution in [0.4, 0.5) is 0 Å². The first-order valence-electron chi connectivity index (χ1n) is 8.73. The molecule has 1 amide bonds. The van der Waals surface area contributed by atoms with Crippen molar-refractivity contribution in [3.8, 4) is 5.75 Å². The van der Waals surface area contributed by atoms with Crippen LogP contribution in [0.1, 0.15) is 47.1 Å². The molecule has 1 aromatic carbocycles. The lowest BCUT2D eigenvalue weighted by molar-refractivity contribution is -0.00200. The number of methoxy groups -OCH3 is 1. The molecule has 2 aliphatic rings. The molecule has 2 aromatic rings. The number of piperidine rings is 1. The number of hydrogen-bond acceptors (Lipinski definition) is 5. The molecule has 1 saturated heterocycles. The van der Waals surface area contributed by atoms with Crippen molar-refractivity contribution in [2.24, 2.45) is 0 Å². The third-order valence-electron chi connectivity index (χ3n) is 4.93. The number of amides is 1. The number of ether oxygens (including phenoxy) is 2. The summed E-state index contributed by atoms with van der Waals surface area (Å²) in [5.41, 5.74) is 2.28. The zero-order valence-electron chi connectivity index (χ0n) is 14.4. The zero-order chi connectivity index (χ0) is 17.2. The van der Waals surface area contributed by atoms with Crippen molar-refractivity contribution in [1.29, 1.82) is 0 Å². The Labute approximate surface area is 146 Å². The Morgan fingerprint density at radius 1 is 1.20 bits per heavy atom. The highest BCUT2D eigenvalue weighted by Crippen LogP contribution is 2.28. The summed E-state index contributed by atoms with van der Waals surface area (Å²) in [4.78, 5) is 14.6. The second-order valence-electron chi connectivity index (χ2n) is 6.49. The molecule has 25 heavy (non-hydrogen) atoms. The number of nitrogens with zero attached hydrogens (tertiary/aromatic N) is 4. The molecule has 1 atom stereocenters. The molecule has 1 fully saturated rings. The summed E-state index contributed by atoms with van der Waals surface area (Å²) < 4.78 is 13.0. The summed E-state index contributed by atoms with van der Waals surface area (Å²) in [6.45, 7) is 2.52. The van der Waals surface area contributed by atoms with Crippen molar-refractivity contribution in [1.82, 2.24) is 19.9 Å². The van der Waals surface area contributed by atoms with Crippen LogP contribution < -0.4 is 4.74 Å². The zero-order valence-corrected chi connectivity index (χ0v) is 14.4. The van der Waals surface area contributed by atoms with E-state index in [2.05, 4.69) is 10.3 Å². The fourth-order valence-corrected chi connectivity index (χ4v) is 3.44. The van der Waals surface area contributed by atoms with Gasteiger partial charge in [-0.3, -0.25) is 4.79 Å². The van der Waals surface area contributed by atoms with Crippen LogP contribution >= 0.6 is 0 Å². The molecule has 2 aliphatic heterocycles. The van der Waals surface area contributed by atoms with Crippen molar-refractivity contribution in [2.45, 2.75) is 38.5 Å². The van der Waals surface area contributed by atoms with E-state index in [0.717, 1.165) is 42.9 Å². The molecule has 0 radical (unpaired) electrons. The van der Waals surface area contributed by atoms with E-state index in [9.17, 15) is 4.79 Å². The van der Waals surface area contributed by atoms with E-state index >= 15 is 0 Å². The van der Waals surface area contributed by atoms with Crippen molar-refractivity contribution >= 4 is 5.91 Å². The summed E-state index contributed by atoms with van der Waals surface area (Å²) in [5, 5.41) is 8.35. The average Bonchev–Trinajstić information content (AvgIpc) is 3.11. The molecule has 0 unspecified atom stereocenters. The molecule has 0 bridgehead atoms. The van der Waals surface area contributed by atoms with Gasteiger partial charge in [0.25, 0.3) is 5.91 Å². The molecule has 0 saturated carbocycles.